The predicted molar refractivity (Wildman–Crippen MR) is 87.2 cm³/mol. The van der Waals surface area contributed by atoms with Gasteiger partial charge in [-0.05, 0) is 25.0 Å². The summed E-state index contributed by atoms with van der Waals surface area (Å²) in [6.07, 6.45) is 1.97. The summed E-state index contributed by atoms with van der Waals surface area (Å²) in [4.78, 5) is 38.8. The number of hydrogen-bond acceptors (Lipinski definition) is 5. The number of nitrogens with one attached hydrogen (secondary N) is 2. The molecule has 1 aromatic heterocycles. The van der Waals surface area contributed by atoms with Gasteiger partial charge in [-0.3, -0.25) is 24.2 Å². The smallest absolute Gasteiger partial charge is 0.308 e. The van der Waals surface area contributed by atoms with Crippen molar-refractivity contribution in [3.63, 3.8) is 0 Å². The van der Waals surface area contributed by atoms with Gasteiger partial charge in [0.1, 0.15) is 0 Å². The molecule has 0 radical (unpaired) electrons. The van der Waals surface area contributed by atoms with E-state index in [1.165, 1.54) is 7.05 Å². The van der Waals surface area contributed by atoms with Crippen molar-refractivity contribution in [3.05, 3.63) is 44.5 Å². The van der Waals surface area contributed by atoms with Crippen molar-refractivity contribution in [1.82, 2.24) is 14.7 Å². The zero-order valence-electron chi connectivity index (χ0n) is 13.1. The number of rotatable bonds is 1. The van der Waals surface area contributed by atoms with Crippen molar-refractivity contribution in [2.45, 2.75) is 12.8 Å². The van der Waals surface area contributed by atoms with Crippen molar-refractivity contribution < 1.29 is 9.53 Å². The molecule has 24 heavy (non-hydrogen) atoms. The molecule has 124 valence electrons. The summed E-state index contributed by atoms with van der Waals surface area (Å²) >= 11 is 0. The van der Waals surface area contributed by atoms with E-state index in [9.17, 15) is 14.4 Å². The second-order valence-electron chi connectivity index (χ2n) is 5.92. The number of H-pyrrole nitrogens is 1. The lowest BCUT2D eigenvalue weighted by Crippen LogP contribution is -2.32. The van der Waals surface area contributed by atoms with Crippen molar-refractivity contribution in [2.24, 2.45) is 7.05 Å². The summed E-state index contributed by atoms with van der Waals surface area (Å²) in [5, 5.41) is 5.32. The lowest BCUT2D eigenvalue weighted by atomic mass is 10.1. The van der Waals surface area contributed by atoms with E-state index < -0.39 is 11.1 Å². The van der Waals surface area contributed by atoms with Crippen LogP contribution in [0.25, 0.3) is 0 Å². The van der Waals surface area contributed by atoms with E-state index in [-0.39, 0.29) is 23.1 Å². The number of hydrogen-bond donors (Lipinski definition) is 2. The van der Waals surface area contributed by atoms with Gasteiger partial charge in [-0.1, -0.05) is 6.07 Å². The molecule has 4 rings (SSSR count). The maximum absolute atomic E-state index is 12.7. The van der Waals surface area contributed by atoms with Gasteiger partial charge in [0.15, 0.2) is 11.4 Å². The first kappa shape index (κ1) is 14.6. The molecule has 0 atom stereocenters. The fourth-order valence-corrected chi connectivity index (χ4v) is 3.08. The minimum Gasteiger partial charge on any atom is -0.446 e. The second-order valence-corrected chi connectivity index (χ2v) is 5.92. The van der Waals surface area contributed by atoms with Gasteiger partial charge in [0, 0.05) is 20.1 Å². The molecule has 8 heteroatoms. The monoisotopic (exact) mass is 328 g/mol. The number of amides is 1. The molecule has 0 aliphatic carbocycles. The number of carbonyl (C=O) groups is 1. The number of aromatic nitrogens is 2. The van der Waals surface area contributed by atoms with Crippen LogP contribution in [0.4, 0.5) is 11.4 Å². The van der Waals surface area contributed by atoms with Gasteiger partial charge in [0.05, 0.1) is 11.3 Å². The Balaban J connectivity index is 1.82. The molecule has 2 aromatic rings. The minimum absolute atomic E-state index is 0.0690. The van der Waals surface area contributed by atoms with E-state index in [1.807, 2.05) is 0 Å². The maximum atomic E-state index is 12.7. The number of nitrogens with zero attached hydrogens (tertiary/aromatic N) is 2. The highest BCUT2D eigenvalue weighted by Crippen LogP contribution is 2.40. The van der Waals surface area contributed by atoms with Crippen molar-refractivity contribution in [2.75, 3.05) is 18.4 Å². The Morgan fingerprint density at radius 3 is 2.67 bits per heavy atom. The molecule has 1 saturated heterocycles. The van der Waals surface area contributed by atoms with Gasteiger partial charge in [0.25, 0.3) is 11.5 Å². The average molecular weight is 328 g/mol. The number of fused-ring (bicyclic) bond motifs is 2. The summed E-state index contributed by atoms with van der Waals surface area (Å²) in [7, 11) is 1.45. The molecule has 2 aliphatic heterocycles. The third-order valence-corrected chi connectivity index (χ3v) is 4.32. The highest BCUT2D eigenvalue weighted by atomic mass is 16.5. The van der Waals surface area contributed by atoms with E-state index >= 15 is 0 Å². The quantitative estimate of drug-likeness (QED) is 0.699. The van der Waals surface area contributed by atoms with E-state index in [2.05, 4.69) is 10.4 Å². The number of carbonyl (C=O) groups excluding carboxylic acids is 1. The lowest BCUT2D eigenvalue weighted by Gasteiger charge is -2.24. The van der Waals surface area contributed by atoms with Gasteiger partial charge in [0.2, 0.25) is 5.75 Å². The molecular formula is C16H16N4O4. The Morgan fingerprint density at radius 2 is 1.92 bits per heavy atom. The van der Waals surface area contributed by atoms with Crippen LogP contribution in [-0.2, 0) is 7.05 Å². The molecule has 1 fully saturated rings. The topological polar surface area (TPSA) is 96.4 Å². The van der Waals surface area contributed by atoms with Crippen LogP contribution in [-0.4, -0.2) is 33.7 Å². The van der Waals surface area contributed by atoms with Crippen LogP contribution in [0.2, 0.25) is 0 Å². The van der Waals surface area contributed by atoms with Crippen molar-refractivity contribution in [3.8, 4) is 11.5 Å². The summed E-state index contributed by atoms with van der Waals surface area (Å²) < 4.78 is 6.77. The number of likely N-dealkylation sites (tertiary alicyclic amines) is 1. The average Bonchev–Trinajstić information content (AvgIpc) is 3.12. The standard InChI is InChI=1S/C16H16N4O4/c1-19-16(23)11-13(14(21)18-19)24-12-9(5-4-6-10(12)17-11)15(22)20-7-2-3-8-20/h4-6,17H,2-3,7-8H2,1H3,(H,18,21). The van der Waals surface area contributed by atoms with Gasteiger partial charge >= 0.3 is 5.56 Å². The molecule has 2 aliphatic rings. The first-order valence-corrected chi connectivity index (χ1v) is 7.77. The van der Waals surface area contributed by atoms with E-state index in [0.717, 1.165) is 17.5 Å². The van der Waals surface area contributed by atoms with Crippen LogP contribution in [0, 0.1) is 0 Å². The summed E-state index contributed by atoms with van der Waals surface area (Å²) in [6.45, 7) is 1.43. The summed E-state index contributed by atoms with van der Waals surface area (Å²) in [5.74, 6) is 0.0304. The van der Waals surface area contributed by atoms with Crippen LogP contribution in [0.3, 0.4) is 0 Å². The fourth-order valence-electron chi connectivity index (χ4n) is 3.08. The fraction of sp³-hybridized carbons (Fsp3) is 0.312. The number of anilines is 2. The molecule has 2 N–H and O–H groups in total. The molecule has 1 amide bonds. The van der Waals surface area contributed by atoms with Gasteiger partial charge in [-0.2, -0.15) is 0 Å². The number of ether oxygens (including phenoxy) is 1. The molecule has 0 saturated carbocycles. The molecule has 3 heterocycles. The highest BCUT2D eigenvalue weighted by molar-refractivity contribution is 6.00. The minimum atomic E-state index is -0.534. The van der Waals surface area contributed by atoms with Crippen LogP contribution in [0.5, 0.6) is 11.5 Å². The Kier molecular flexibility index (Phi) is 3.19. The lowest BCUT2D eigenvalue weighted by molar-refractivity contribution is 0.0790. The Bertz CT molecular complexity index is 954. The molecule has 0 unspecified atom stereocenters. The number of benzene rings is 1. The summed E-state index contributed by atoms with van der Waals surface area (Å²) in [5.41, 5.74) is 0.00240. The second kappa shape index (κ2) is 5.26. The van der Waals surface area contributed by atoms with Gasteiger partial charge < -0.3 is 15.0 Å². The van der Waals surface area contributed by atoms with E-state index in [0.29, 0.717) is 24.3 Å². The Hall–Kier alpha value is -3.03. The molecular weight excluding hydrogens is 312 g/mol. The van der Waals surface area contributed by atoms with Crippen LogP contribution < -0.4 is 21.2 Å². The SMILES string of the molecule is Cn1[nH]c(=O)c2c(c1=O)Nc1cccc(C(=O)N3CCCC3)c1O2. The van der Waals surface area contributed by atoms with Crippen LogP contribution >= 0.6 is 0 Å². The molecule has 0 spiro atoms. The normalized spacial score (nSPS) is 15.3. The van der Waals surface area contributed by atoms with Gasteiger partial charge in [-0.15, -0.1) is 0 Å². The van der Waals surface area contributed by atoms with E-state index in [4.69, 9.17) is 4.74 Å². The number of aryl methyl sites for hydroxylation is 1. The number of para-hydroxylation sites is 1. The van der Waals surface area contributed by atoms with Crippen LogP contribution in [0.15, 0.2) is 27.8 Å². The first-order chi connectivity index (χ1) is 11.6. The van der Waals surface area contributed by atoms with E-state index in [1.54, 1.807) is 23.1 Å². The summed E-state index contributed by atoms with van der Waals surface area (Å²) in [6, 6.07) is 5.10. The first-order valence-electron chi connectivity index (χ1n) is 7.77. The Morgan fingerprint density at radius 1 is 1.17 bits per heavy atom. The van der Waals surface area contributed by atoms with Crippen LogP contribution in [0.1, 0.15) is 23.2 Å². The molecule has 1 aromatic carbocycles. The Labute approximate surface area is 136 Å². The van der Waals surface area contributed by atoms with Crippen molar-refractivity contribution in [1.29, 1.82) is 0 Å². The molecule has 0 bridgehead atoms. The predicted octanol–water partition coefficient (Wildman–Crippen LogP) is 1.16. The third kappa shape index (κ3) is 2.10. The largest absolute Gasteiger partial charge is 0.446 e. The number of aromatic amines is 1. The molecule has 8 nitrogen and oxygen atoms in total. The third-order valence-electron chi connectivity index (χ3n) is 4.32. The highest BCUT2D eigenvalue weighted by Gasteiger charge is 2.29. The zero-order valence-corrected chi connectivity index (χ0v) is 13.1. The van der Waals surface area contributed by atoms with Crippen molar-refractivity contribution >= 4 is 17.3 Å². The van der Waals surface area contributed by atoms with Gasteiger partial charge in [-0.25, -0.2) is 0 Å². The zero-order chi connectivity index (χ0) is 16.8. The maximum Gasteiger partial charge on any atom is 0.308 e.